The van der Waals surface area contributed by atoms with Gasteiger partial charge in [0.25, 0.3) is 5.91 Å². The van der Waals surface area contributed by atoms with Gasteiger partial charge in [0, 0.05) is 29.0 Å². The lowest BCUT2D eigenvalue weighted by Gasteiger charge is -2.10. The molecule has 0 radical (unpaired) electrons. The van der Waals surface area contributed by atoms with Crippen LogP contribution in [0.15, 0.2) is 29.5 Å². The van der Waals surface area contributed by atoms with Gasteiger partial charge in [-0.05, 0) is 37.3 Å². The van der Waals surface area contributed by atoms with E-state index in [-0.39, 0.29) is 5.91 Å². The molecule has 2 heterocycles. The van der Waals surface area contributed by atoms with Crippen molar-refractivity contribution in [1.29, 1.82) is 0 Å². The Bertz CT molecular complexity index is 661. The van der Waals surface area contributed by atoms with Gasteiger partial charge in [-0.3, -0.25) is 9.78 Å². The molecular weight excluding hydrogens is 270 g/mol. The largest absolute Gasteiger partial charge is 0.365 e. The molecule has 3 rings (SSSR count). The van der Waals surface area contributed by atoms with Gasteiger partial charge in [-0.1, -0.05) is 6.07 Å². The van der Waals surface area contributed by atoms with Crippen molar-refractivity contribution in [2.24, 2.45) is 10.7 Å². The molecule has 0 aromatic carbocycles. The summed E-state index contributed by atoms with van der Waals surface area (Å²) in [5.41, 5.74) is 8.18. The molecule has 0 unspecified atom stereocenters. The van der Waals surface area contributed by atoms with Gasteiger partial charge in [-0.2, -0.15) is 0 Å². The number of thiophene rings is 1. The molecule has 5 heteroatoms. The molecule has 0 aliphatic heterocycles. The van der Waals surface area contributed by atoms with E-state index in [1.807, 2.05) is 12.1 Å². The molecule has 2 aromatic rings. The fourth-order valence-corrected chi connectivity index (χ4v) is 3.72. The van der Waals surface area contributed by atoms with Crippen molar-refractivity contribution in [3.63, 3.8) is 0 Å². The van der Waals surface area contributed by atoms with E-state index >= 15 is 0 Å². The van der Waals surface area contributed by atoms with E-state index in [2.05, 4.69) is 9.98 Å². The number of carbonyl (C=O) groups excluding carboxylic acids is 1. The first-order valence-electron chi connectivity index (χ1n) is 6.64. The summed E-state index contributed by atoms with van der Waals surface area (Å²) in [6.07, 6.45) is 9.45. The lowest BCUT2D eigenvalue weighted by Crippen LogP contribution is -2.14. The van der Waals surface area contributed by atoms with Gasteiger partial charge >= 0.3 is 0 Å². The summed E-state index contributed by atoms with van der Waals surface area (Å²) in [5.74, 6) is -0.372. The zero-order chi connectivity index (χ0) is 13.9. The molecule has 20 heavy (non-hydrogen) atoms. The second kappa shape index (κ2) is 5.54. The van der Waals surface area contributed by atoms with Crippen LogP contribution in [-0.4, -0.2) is 17.1 Å². The smallest absolute Gasteiger partial charge is 0.252 e. The first kappa shape index (κ1) is 13.0. The molecule has 102 valence electrons. The van der Waals surface area contributed by atoms with Crippen molar-refractivity contribution >= 4 is 28.5 Å². The van der Waals surface area contributed by atoms with E-state index < -0.39 is 0 Å². The molecule has 0 atom stereocenters. The fraction of sp³-hybridized carbons (Fsp3) is 0.267. The number of hydrogen-bond donors (Lipinski definition) is 1. The van der Waals surface area contributed by atoms with Gasteiger partial charge in [-0.15, -0.1) is 11.3 Å². The Hall–Kier alpha value is -2.01. The van der Waals surface area contributed by atoms with Crippen molar-refractivity contribution < 1.29 is 4.79 Å². The van der Waals surface area contributed by atoms with Crippen LogP contribution < -0.4 is 5.73 Å². The van der Waals surface area contributed by atoms with Crippen molar-refractivity contribution in [3.8, 4) is 0 Å². The van der Waals surface area contributed by atoms with E-state index in [0.717, 1.165) is 35.4 Å². The Morgan fingerprint density at radius 2 is 2.25 bits per heavy atom. The number of carbonyl (C=O) groups is 1. The topological polar surface area (TPSA) is 68.3 Å². The maximum absolute atomic E-state index is 11.7. The number of pyridine rings is 1. The van der Waals surface area contributed by atoms with Crippen LogP contribution in [0.5, 0.6) is 0 Å². The number of aromatic nitrogens is 1. The van der Waals surface area contributed by atoms with E-state index in [9.17, 15) is 4.79 Å². The molecule has 0 fully saturated rings. The van der Waals surface area contributed by atoms with Crippen LogP contribution in [0, 0.1) is 0 Å². The molecule has 0 saturated carbocycles. The van der Waals surface area contributed by atoms with Crippen molar-refractivity contribution in [1.82, 2.24) is 4.98 Å². The number of rotatable bonds is 3. The number of nitrogens with two attached hydrogens (primary N) is 1. The van der Waals surface area contributed by atoms with Crippen LogP contribution in [0.4, 0.5) is 5.00 Å². The van der Waals surface area contributed by atoms with Gasteiger partial charge in [0.15, 0.2) is 0 Å². The summed E-state index contributed by atoms with van der Waals surface area (Å²) in [5, 5.41) is 0.730. The zero-order valence-corrected chi connectivity index (χ0v) is 11.8. The Morgan fingerprint density at radius 3 is 3.00 bits per heavy atom. The summed E-state index contributed by atoms with van der Waals surface area (Å²) in [6.45, 7) is 0. The lowest BCUT2D eigenvalue weighted by molar-refractivity contribution is 0.100. The summed E-state index contributed by atoms with van der Waals surface area (Å²) in [7, 11) is 0. The van der Waals surface area contributed by atoms with Crippen LogP contribution in [-0.2, 0) is 12.8 Å². The Balaban J connectivity index is 1.99. The molecule has 0 spiro atoms. The Morgan fingerprint density at radius 1 is 1.40 bits per heavy atom. The average molecular weight is 285 g/mol. The highest BCUT2D eigenvalue weighted by Crippen LogP contribution is 2.39. The Labute approximate surface area is 121 Å². The molecule has 2 aromatic heterocycles. The van der Waals surface area contributed by atoms with E-state index in [4.69, 9.17) is 5.73 Å². The maximum Gasteiger partial charge on any atom is 0.252 e. The number of primary amides is 1. The minimum Gasteiger partial charge on any atom is -0.365 e. The first-order chi connectivity index (χ1) is 9.75. The monoisotopic (exact) mass is 285 g/mol. The highest BCUT2D eigenvalue weighted by Gasteiger charge is 2.23. The fourth-order valence-electron chi connectivity index (χ4n) is 2.48. The average Bonchev–Trinajstić information content (AvgIpc) is 2.84. The van der Waals surface area contributed by atoms with Crippen molar-refractivity contribution in [2.75, 3.05) is 0 Å². The molecule has 1 amide bonds. The summed E-state index contributed by atoms with van der Waals surface area (Å²) >= 11 is 1.59. The Kier molecular flexibility index (Phi) is 3.60. The maximum atomic E-state index is 11.7. The van der Waals surface area contributed by atoms with Gasteiger partial charge < -0.3 is 5.73 Å². The molecule has 4 nitrogen and oxygen atoms in total. The second-order valence-electron chi connectivity index (χ2n) is 4.80. The first-order valence-corrected chi connectivity index (χ1v) is 7.46. The van der Waals surface area contributed by atoms with E-state index in [1.165, 1.54) is 11.3 Å². The summed E-state index contributed by atoms with van der Waals surface area (Å²) < 4.78 is 0. The second-order valence-corrected chi connectivity index (χ2v) is 5.88. The highest BCUT2D eigenvalue weighted by atomic mass is 32.1. The lowest BCUT2D eigenvalue weighted by atomic mass is 9.95. The quantitative estimate of drug-likeness (QED) is 0.881. The number of amides is 1. The third-order valence-electron chi connectivity index (χ3n) is 3.41. The molecule has 0 bridgehead atoms. The standard InChI is InChI=1S/C15H15N3OS/c16-14(19)13-11-5-1-2-6-12(11)20-15(13)18-9-10-4-3-7-17-8-10/h3-4,7-9H,1-2,5-6H2,(H2,16,19). The van der Waals surface area contributed by atoms with Crippen LogP contribution in [0.25, 0.3) is 0 Å². The molecule has 0 saturated heterocycles. The van der Waals surface area contributed by atoms with Gasteiger partial charge in [-0.25, -0.2) is 4.99 Å². The minimum atomic E-state index is -0.372. The van der Waals surface area contributed by atoms with Gasteiger partial charge in [0.1, 0.15) is 5.00 Å². The number of aliphatic imine (C=N–C) groups is 1. The SMILES string of the molecule is NC(=O)c1c(N=Cc2cccnc2)sc2c1CCCC2. The van der Waals surface area contributed by atoms with Gasteiger partial charge in [0.05, 0.1) is 5.56 Å². The van der Waals surface area contributed by atoms with Crippen LogP contribution in [0.3, 0.4) is 0 Å². The van der Waals surface area contributed by atoms with Gasteiger partial charge in [0.2, 0.25) is 0 Å². The van der Waals surface area contributed by atoms with Crippen LogP contribution in [0.2, 0.25) is 0 Å². The summed E-state index contributed by atoms with van der Waals surface area (Å²) in [4.78, 5) is 21.5. The summed E-state index contributed by atoms with van der Waals surface area (Å²) in [6, 6.07) is 3.78. The molecule has 1 aliphatic carbocycles. The molecule has 1 aliphatic rings. The number of hydrogen-bond acceptors (Lipinski definition) is 4. The third-order valence-corrected chi connectivity index (χ3v) is 4.61. The van der Waals surface area contributed by atoms with E-state index in [0.29, 0.717) is 5.56 Å². The molecule has 2 N–H and O–H groups in total. The highest BCUT2D eigenvalue weighted by molar-refractivity contribution is 7.16. The zero-order valence-electron chi connectivity index (χ0n) is 11.0. The number of fused-ring (bicyclic) bond motifs is 1. The van der Waals surface area contributed by atoms with Crippen LogP contribution >= 0.6 is 11.3 Å². The van der Waals surface area contributed by atoms with Crippen molar-refractivity contribution in [3.05, 3.63) is 46.1 Å². The number of aryl methyl sites for hydroxylation is 1. The minimum absolute atomic E-state index is 0.372. The third kappa shape index (κ3) is 2.49. The molecular formula is C15H15N3OS. The number of nitrogens with zero attached hydrogens (tertiary/aromatic N) is 2. The van der Waals surface area contributed by atoms with Crippen LogP contribution in [0.1, 0.15) is 39.2 Å². The van der Waals surface area contributed by atoms with Crippen molar-refractivity contribution in [2.45, 2.75) is 25.7 Å². The predicted octanol–water partition coefficient (Wildman–Crippen LogP) is 2.87. The van der Waals surface area contributed by atoms with E-state index in [1.54, 1.807) is 29.9 Å². The normalized spacial score (nSPS) is 14.4. The predicted molar refractivity (Wildman–Crippen MR) is 81.0 cm³/mol.